The summed E-state index contributed by atoms with van der Waals surface area (Å²) in [4.78, 5) is 6.79. The Kier molecular flexibility index (Phi) is 3.78. The van der Waals surface area contributed by atoms with Crippen molar-refractivity contribution in [2.45, 2.75) is 38.8 Å². The van der Waals surface area contributed by atoms with Gasteiger partial charge >= 0.3 is 0 Å². The molecule has 1 aromatic heterocycles. The fraction of sp³-hybridized carbons (Fsp3) is 0.615. The molecule has 0 amide bonds. The van der Waals surface area contributed by atoms with Crippen molar-refractivity contribution < 1.29 is 0 Å². The predicted molar refractivity (Wildman–Crippen MR) is 67.7 cm³/mol. The van der Waals surface area contributed by atoms with Gasteiger partial charge in [0, 0.05) is 25.8 Å². The maximum Gasteiger partial charge on any atom is 0.128 e. The largest absolute Gasteiger partial charge is 0.357 e. The van der Waals surface area contributed by atoms with Crippen LogP contribution in [0.3, 0.4) is 0 Å². The molecule has 0 saturated heterocycles. The molecule has 0 radical (unpaired) electrons. The third-order valence-electron chi connectivity index (χ3n) is 3.02. The zero-order valence-corrected chi connectivity index (χ0v) is 10.2. The average molecular weight is 219 g/mol. The van der Waals surface area contributed by atoms with E-state index in [-0.39, 0.29) is 0 Å². The quantitative estimate of drug-likeness (QED) is 0.743. The Bertz CT molecular complexity index is 316. The lowest BCUT2D eigenvalue weighted by molar-refractivity contribution is 0.673. The molecule has 0 aliphatic heterocycles. The molecule has 1 aliphatic carbocycles. The van der Waals surface area contributed by atoms with Gasteiger partial charge in [0.1, 0.15) is 5.82 Å². The highest BCUT2D eigenvalue weighted by Crippen LogP contribution is 2.28. The molecule has 1 N–H and O–H groups in total. The van der Waals surface area contributed by atoms with E-state index in [0.29, 0.717) is 0 Å². The van der Waals surface area contributed by atoms with Gasteiger partial charge in [-0.1, -0.05) is 13.0 Å². The van der Waals surface area contributed by atoms with Gasteiger partial charge in [-0.2, -0.15) is 0 Å². The fourth-order valence-corrected chi connectivity index (χ4v) is 1.79. The van der Waals surface area contributed by atoms with Gasteiger partial charge in [-0.15, -0.1) is 0 Å². The van der Waals surface area contributed by atoms with E-state index >= 15 is 0 Å². The Morgan fingerprint density at radius 1 is 1.44 bits per heavy atom. The van der Waals surface area contributed by atoms with Gasteiger partial charge in [0.15, 0.2) is 0 Å². The lowest BCUT2D eigenvalue weighted by Crippen LogP contribution is -2.20. The summed E-state index contributed by atoms with van der Waals surface area (Å²) < 4.78 is 0. The molecule has 1 heterocycles. The third-order valence-corrected chi connectivity index (χ3v) is 3.02. The monoisotopic (exact) mass is 219 g/mol. The van der Waals surface area contributed by atoms with Crippen molar-refractivity contribution in [3.8, 4) is 0 Å². The summed E-state index contributed by atoms with van der Waals surface area (Å²) in [6.07, 6.45) is 5.79. The van der Waals surface area contributed by atoms with Crippen LogP contribution < -0.4 is 10.2 Å². The molecule has 2 rings (SSSR count). The Hall–Kier alpha value is -1.09. The first-order chi connectivity index (χ1) is 7.81. The van der Waals surface area contributed by atoms with Gasteiger partial charge in [0.25, 0.3) is 0 Å². The Balaban J connectivity index is 1.88. The molecule has 3 nitrogen and oxygen atoms in total. The van der Waals surface area contributed by atoms with E-state index < -0.39 is 0 Å². The molecular weight excluding hydrogens is 198 g/mol. The molecule has 1 aromatic rings. The van der Waals surface area contributed by atoms with Crippen LogP contribution in [0.25, 0.3) is 0 Å². The van der Waals surface area contributed by atoms with Crippen molar-refractivity contribution >= 4 is 5.82 Å². The molecule has 0 aromatic carbocycles. The number of anilines is 1. The first-order valence-corrected chi connectivity index (χ1v) is 6.19. The van der Waals surface area contributed by atoms with Crippen molar-refractivity contribution in [2.75, 3.05) is 18.5 Å². The molecule has 16 heavy (non-hydrogen) atoms. The highest BCUT2D eigenvalue weighted by atomic mass is 15.2. The molecule has 1 saturated carbocycles. The molecule has 88 valence electrons. The average Bonchev–Trinajstić information content (AvgIpc) is 3.13. The molecule has 0 bridgehead atoms. The van der Waals surface area contributed by atoms with Crippen molar-refractivity contribution in [3.05, 3.63) is 23.9 Å². The lowest BCUT2D eigenvalue weighted by atomic mass is 10.2. The number of hydrogen-bond donors (Lipinski definition) is 1. The second-order valence-corrected chi connectivity index (χ2v) is 4.54. The van der Waals surface area contributed by atoms with Crippen molar-refractivity contribution in [1.29, 1.82) is 0 Å². The topological polar surface area (TPSA) is 28.2 Å². The van der Waals surface area contributed by atoms with E-state index in [4.69, 9.17) is 0 Å². The highest BCUT2D eigenvalue weighted by Gasteiger charge is 2.26. The second-order valence-electron chi connectivity index (χ2n) is 4.54. The summed E-state index contributed by atoms with van der Waals surface area (Å²) in [7, 11) is 2.13. The van der Waals surface area contributed by atoms with Crippen LogP contribution in [0.1, 0.15) is 31.7 Å². The predicted octanol–water partition coefficient (Wildman–Crippen LogP) is 2.18. The van der Waals surface area contributed by atoms with Gasteiger partial charge in [0.05, 0.1) is 0 Å². The number of nitrogens with one attached hydrogen (secondary N) is 1. The number of pyridine rings is 1. The molecule has 0 unspecified atom stereocenters. The maximum absolute atomic E-state index is 4.50. The summed E-state index contributed by atoms with van der Waals surface area (Å²) in [6.45, 7) is 4.18. The molecule has 0 spiro atoms. The van der Waals surface area contributed by atoms with E-state index in [9.17, 15) is 0 Å². The summed E-state index contributed by atoms with van der Waals surface area (Å²) in [5.74, 6) is 1.10. The van der Waals surface area contributed by atoms with E-state index in [1.165, 1.54) is 24.8 Å². The van der Waals surface area contributed by atoms with Crippen molar-refractivity contribution in [2.24, 2.45) is 0 Å². The molecular formula is C13H21N3. The number of rotatable bonds is 6. The Morgan fingerprint density at radius 2 is 2.25 bits per heavy atom. The van der Waals surface area contributed by atoms with E-state index in [0.717, 1.165) is 24.9 Å². The Morgan fingerprint density at radius 3 is 2.81 bits per heavy atom. The van der Waals surface area contributed by atoms with Crippen LogP contribution in [0, 0.1) is 0 Å². The van der Waals surface area contributed by atoms with E-state index in [1.54, 1.807) is 0 Å². The zero-order chi connectivity index (χ0) is 11.4. The SMILES string of the molecule is CCCNCc1ccc(N(C)C2CC2)nc1. The number of hydrogen-bond acceptors (Lipinski definition) is 3. The minimum absolute atomic E-state index is 0.733. The smallest absolute Gasteiger partial charge is 0.128 e. The minimum atomic E-state index is 0.733. The van der Waals surface area contributed by atoms with Gasteiger partial charge < -0.3 is 10.2 Å². The standard InChI is InChI=1S/C13H21N3/c1-3-8-14-9-11-4-7-13(15-10-11)16(2)12-5-6-12/h4,7,10,12,14H,3,5-6,8-9H2,1-2H3. The normalized spacial score (nSPS) is 15.1. The first kappa shape index (κ1) is 11.4. The Labute approximate surface area is 97.9 Å². The van der Waals surface area contributed by atoms with Crippen molar-refractivity contribution in [3.63, 3.8) is 0 Å². The maximum atomic E-state index is 4.50. The molecule has 1 fully saturated rings. The molecule has 0 atom stereocenters. The number of aromatic nitrogens is 1. The van der Waals surface area contributed by atoms with Crippen LogP contribution in [-0.2, 0) is 6.54 Å². The second kappa shape index (κ2) is 5.30. The van der Waals surface area contributed by atoms with Crippen LogP contribution in [-0.4, -0.2) is 24.6 Å². The highest BCUT2D eigenvalue weighted by molar-refractivity contribution is 5.41. The first-order valence-electron chi connectivity index (χ1n) is 6.19. The van der Waals surface area contributed by atoms with Crippen molar-refractivity contribution in [1.82, 2.24) is 10.3 Å². The van der Waals surface area contributed by atoms with Crippen LogP contribution >= 0.6 is 0 Å². The summed E-state index contributed by atoms with van der Waals surface area (Å²) in [6, 6.07) is 5.03. The van der Waals surface area contributed by atoms with E-state index in [1.807, 2.05) is 6.20 Å². The van der Waals surface area contributed by atoms with Gasteiger partial charge in [0.2, 0.25) is 0 Å². The van der Waals surface area contributed by atoms with Crippen LogP contribution in [0.4, 0.5) is 5.82 Å². The van der Waals surface area contributed by atoms with Crippen LogP contribution in [0.15, 0.2) is 18.3 Å². The third kappa shape index (κ3) is 2.95. The lowest BCUT2D eigenvalue weighted by Gasteiger charge is -2.17. The fourth-order valence-electron chi connectivity index (χ4n) is 1.79. The summed E-state index contributed by atoms with van der Waals surface area (Å²) in [5, 5.41) is 3.38. The van der Waals surface area contributed by atoms with Crippen LogP contribution in [0.5, 0.6) is 0 Å². The minimum Gasteiger partial charge on any atom is -0.357 e. The van der Waals surface area contributed by atoms with E-state index in [2.05, 4.69) is 41.3 Å². The summed E-state index contributed by atoms with van der Waals surface area (Å²) >= 11 is 0. The van der Waals surface area contributed by atoms with Crippen LogP contribution in [0.2, 0.25) is 0 Å². The van der Waals surface area contributed by atoms with Gasteiger partial charge in [-0.3, -0.25) is 0 Å². The van der Waals surface area contributed by atoms with Gasteiger partial charge in [-0.05, 0) is 37.4 Å². The van der Waals surface area contributed by atoms with Gasteiger partial charge in [-0.25, -0.2) is 4.98 Å². The zero-order valence-electron chi connectivity index (χ0n) is 10.2. The molecule has 1 aliphatic rings. The summed E-state index contributed by atoms with van der Waals surface area (Å²) in [5.41, 5.74) is 1.27. The number of nitrogens with zero attached hydrogens (tertiary/aromatic N) is 2. The molecule has 3 heteroatoms.